The van der Waals surface area contributed by atoms with E-state index in [1.807, 2.05) is 23.0 Å². The predicted octanol–water partition coefficient (Wildman–Crippen LogP) is 3.60. The third kappa shape index (κ3) is 4.06. The van der Waals surface area contributed by atoms with E-state index in [9.17, 15) is 10.1 Å². The summed E-state index contributed by atoms with van der Waals surface area (Å²) in [6, 6.07) is 7.16. The van der Waals surface area contributed by atoms with E-state index >= 15 is 0 Å². The van der Waals surface area contributed by atoms with Crippen LogP contribution in [0.25, 0.3) is 0 Å². The maximum Gasteiger partial charge on any atom is 0.275 e. The van der Waals surface area contributed by atoms with Crippen LogP contribution >= 0.6 is 11.6 Å². The largest absolute Gasteiger partial charge is 0.349 e. The molecular weight excluding hydrogens is 290 g/mol. The van der Waals surface area contributed by atoms with Crippen LogP contribution in [0.1, 0.15) is 25.0 Å². The molecule has 0 amide bonds. The van der Waals surface area contributed by atoms with Gasteiger partial charge >= 0.3 is 0 Å². The number of hydrogen-bond acceptors (Lipinski definition) is 3. The summed E-state index contributed by atoms with van der Waals surface area (Å²) >= 11 is 6.10. The highest BCUT2D eigenvalue weighted by atomic mass is 35.5. The molecule has 2 aromatic rings. The van der Waals surface area contributed by atoms with Gasteiger partial charge in [0, 0.05) is 31.0 Å². The molecule has 0 fully saturated rings. The molecule has 0 spiro atoms. The lowest BCUT2D eigenvalue weighted by atomic mass is 10.2. The van der Waals surface area contributed by atoms with Crippen LogP contribution in [0.2, 0.25) is 5.02 Å². The molecule has 0 aliphatic heterocycles. The highest BCUT2D eigenvalue weighted by molar-refractivity contribution is 6.31. The summed E-state index contributed by atoms with van der Waals surface area (Å²) in [7, 11) is 0. The van der Waals surface area contributed by atoms with Gasteiger partial charge in [-0.05, 0) is 17.7 Å². The average Bonchev–Trinajstić information content (AvgIpc) is 2.86. The fourth-order valence-corrected chi connectivity index (χ4v) is 2.30. The summed E-state index contributed by atoms with van der Waals surface area (Å²) in [5.41, 5.74) is 1.72. The maximum atomic E-state index is 11.1. The molecule has 0 radical (unpaired) electrons. The number of nitrogens with one attached hydrogen (secondary N) is 1. The average molecular weight is 308 g/mol. The molecule has 5 nitrogen and oxygen atoms in total. The second-order valence-corrected chi connectivity index (χ2v) is 5.63. The Morgan fingerprint density at radius 2 is 2.14 bits per heavy atom. The first-order valence-electron chi connectivity index (χ1n) is 6.77. The van der Waals surface area contributed by atoms with Crippen molar-refractivity contribution in [1.82, 2.24) is 9.88 Å². The Hall–Kier alpha value is -1.85. The van der Waals surface area contributed by atoms with Crippen molar-refractivity contribution in [3.63, 3.8) is 0 Å². The molecule has 1 N–H and O–H groups in total. The fraction of sp³-hybridized carbons (Fsp3) is 0.333. The summed E-state index contributed by atoms with van der Waals surface area (Å²) in [6.07, 6.45) is 3.88. The Labute approximate surface area is 128 Å². The predicted molar refractivity (Wildman–Crippen MR) is 83.6 cm³/mol. The number of rotatable bonds is 6. The Morgan fingerprint density at radius 1 is 1.38 bits per heavy atom. The van der Waals surface area contributed by atoms with Crippen LogP contribution < -0.4 is 5.32 Å². The van der Waals surface area contributed by atoms with Gasteiger partial charge in [-0.2, -0.15) is 0 Å². The Bertz CT molecular complexity index is 638. The van der Waals surface area contributed by atoms with Crippen molar-refractivity contribution in [3.8, 4) is 0 Å². The zero-order valence-corrected chi connectivity index (χ0v) is 12.8. The Morgan fingerprint density at radius 3 is 2.81 bits per heavy atom. The van der Waals surface area contributed by atoms with Gasteiger partial charge in [-0.25, -0.2) is 0 Å². The van der Waals surface area contributed by atoms with Gasteiger partial charge in [-0.3, -0.25) is 10.1 Å². The van der Waals surface area contributed by atoms with Gasteiger partial charge < -0.3 is 9.88 Å². The van der Waals surface area contributed by atoms with Gasteiger partial charge in [0.2, 0.25) is 0 Å². The van der Waals surface area contributed by atoms with Gasteiger partial charge in [0.15, 0.2) is 0 Å². The first-order chi connectivity index (χ1) is 9.97. The van der Waals surface area contributed by atoms with Crippen LogP contribution in [0, 0.1) is 10.1 Å². The van der Waals surface area contributed by atoms with Crippen molar-refractivity contribution in [2.75, 3.05) is 0 Å². The summed E-state index contributed by atoms with van der Waals surface area (Å²) in [4.78, 5) is 10.7. The topological polar surface area (TPSA) is 60.1 Å². The second-order valence-electron chi connectivity index (χ2n) is 5.22. The minimum absolute atomic E-state index is 0.0538. The Balaban J connectivity index is 2.17. The van der Waals surface area contributed by atoms with Crippen molar-refractivity contribution in [2.45, 2.75) is 33.0 Å². The number of nitrogens with zero attached hydrogens (tertiary/aromatic N) is 2. The molecule has 0 unspecified atom stereocenters. The van der Waals surface area contributed by atoms with E-state index in [2.05, 4.69) is 19.2 Å². The van der Waals surface area contributed by atoms with E-state index < -0.39 is 4.92 Å². The summed E-state index contributed by atoms with van der Waals surface area (Å²) in [5.74, 6) is 0. The van der Waals surface area contributed by atoms with Gasteiger partial charge in [0.05, 0.1) is 22.1 Å². The molecule has 1 aromatic heterocycles. The van der Waals surface area contributed by atoms with Crippen molar-refractivity contribution in [3.05, 3.63) is 62.9 Å². The second kappa shape index (κ2) is 6.74. The highest BCUT2D eigenvalue weighted by Crippen LogP contribution is 2.27. The minimum Gasteiger partial charge on any atom is -0.349 e. The SMILES string of the molecule is CC(C)NCc1ccn(Cc2c(Cl)cccc2[N+](=O)[O-])c1. The first-order valence-corrected chi connectivity index (χ1v) is 7.15. The van der Waals surface area contributed by atoms with Crippen LogP contribution in [0.3, 0.4) is 0 Å². The van der Waals surface area contributed by atoms with Crippen LogP contribution in [0.4, 0.5) is 5.69 Å². The molecule has 0 aliphatic rings. The number of aromatic nitrogens is 1. The molecule has 0 bridgehead atoms. The third-order valence-electron chi connectivity index (χ3n) is 3.16. The highest BCUT2D eigenvalue weighted by Gasteiger charge is 2.16. The van der Waals surface area contributed by atoms with Crippen LogP contribution in [-0.4, -0.2) is 15.5 Å². The molecular formula is C15H18ClN3O2. The molecule has 1 heterocycles. The summed E-state index contributed by atoms with van der Waals surface area (Å²) in [6.45, 7) is 5.33. The zero-order chi connectivity index (χ0) is 15.4. The number of nitro groups is 1. The molecule has 1 aromatic carbocycles. The number of halogens is 1. The van der Waals surface area contributed by atoms with Crippen LogP contribution in [-0.2, 0) is 13.1 Å². The lowest BCUT2D eigenvalue weighted by Gasteiger charge is -2.07. The van der Waals surface area contributed by atoms with E-state index in [0.717, 1.165) is 12.1 Å². The van der Waals surface area contributed by atoms with Gasteiger partial charge in [0.25, 0.3) is 5.69 Å². The van der Waals surface area contributed by atoms with E-state index in [-0.39, 0.29) is 5.69 Å². The monoisotopic (exact) mass is 307 g/mol. The van der Waals surface area contributed by atoms with E-state index in [1.165, 1.54) is 6.07 Å². The van der Waals surface area contributed by atoms with Crippen molar-refractivity contribution >= 4 is 17.3 Å². The number of benzene rings is 1. The molecule has 2 rings (SSSR count). The first kappa shape index (κ1) is 15.5. The van der Waals surface area contributed by atoms with Crippen molar-refractivity contribution in [2.24, 2.45) is 0 Å². The van der Waals surface area contributed by atoms with Crippen molar-refractivity contribution < 1.29 is 4.92 Å². The normalized spacial score (nSPS) is 11.0. The lowest BCUT2D eigenvalue weighted by Crippen LogP contribution is -2.21. The molecule has 112 valence electrons. The van der Waals surface area contributed by atoms with E-state index in [4.69, 9.17) is 11.6 Å². The molecule has 0 saturated carbocycles. The minimum atomic E-state index is -0.397. The zero-order valence-electron chi connectivity index (χ0n) is 12.0. The molecule has 6 heteroatoms. The lowest BCUT2D eigenvalue weighted by molar-refractivity contribution is -0.385. The summed E-state index contributed by atoms with van der Waals surface area (Å²) in [5, 5.41) is 14.8. The molecule has 0 aliphatic carbocycles. The number of hydrogen-bond donors (Lipinski definition) is 1. The van der Waals surface area contributed by atoms with Crippen LogP contribution in [0.5, 0.6) is 0 Å². The molecule has 21 heavy (non-hydrogen) atoms. The van der Waals surface area contributed by atoms with Crippen molar-refractivity contribution in [1.29, 1.82) is 0 Å². The quantitative estimate of drug-likeness (QED) is 0.655. The maximum absolute atomic E-state index is 11.1. The standard InChI is InChI=1S/C15H18ClN3O2/c1-11(2)17-8-12-6-7-18(9-12)10-13-14(16)4-3-5-15(13)19(20)21/h3-7,9,11,17H,8,10H2,1-2H3. The van der Waals surface area contributed by atoms with Gasteiger partial charge in [-0.1, -0.05) is 31.5 Å². The molecule has 0 atom stereocenters. The van der Waals surface area contributed by atoms with E-state index in [0.29, 0.717) is 23.2 Å². The smallest absolute Gasteiger partial charge is 0.275 e. The van der Waals surface area contributed by atoms with Gasteiger partial charge in [0.1, 0.15) is 0 Å². The van der Waals surface area contributed by atoms with Gasteiger partial charge in [-0.15, -0.1) is 0 Å². The number of nitro benzene ring substituents is 1. The molecule has 0 saturated heterocycles. The summed E-state index contributed by atoms with van der Waals surface area (Å²) < 4.78 is 1.91. The fourth-order valence-electron chi connectivity index (χ4n) is 2.07. The van der Waals surface area contributed by atoms with E-state index in [1.54, 1.807) is 12.1 Å². The van der Waals surface area contributed by atoms with Crippen LogP contribution in [0.15, 0.2) is 36.7 Å². The third-order valence-corrected chi connectivity index (χ3v) is 3.51. The Kier molecular flexibility index (Phi) is 4.98.